The summed E-state index contributed by atoms with van der Waals surface area (Å²) in [5, 5.41) is 11.4. The van der Waals surface area contributed by atoms with Gasteiger partial charge >= 0.3 is 5.91 Å². The van der Waals surface area contributed by atoms with Gasteiger partial charge in [0, 0.05) is 12.6 Å². The lowest BCUT2D eigenvalue weighted by Crippen LogP contribution is -2.34. The van der Waals surface area contributed by atoms with Crippen LogP contribution in [0.2, 0.25) is 5.02 Å². The van der Waals surface area contributed by atoms with Crippen LogP contribution in [0.15, 0.2) is 77.0 Å². The van der Waals surface area contributed by atoms with Gasteiger partial charge in [-0.2, -0.15) is 0 Å². The van der Waals surface area contributed by atoms with Gasteiger partial charge in [-0.05, 0) is 68.9 Å². The van der Waals surface area contributed by atoms with Crippen LogP contribution < -0.4 is 19.3 Å². The third-order valence-electron chi connectivity index (χ3n) is 6.60. The van der Waals surface area contributed by atoms with Crippen molar-refractivity contribution in [3.05, 3.63) is 77.3 Å². The molecule has 1 N–H and O–H groups in total. The van der Waals surface area contributed by atoms with Crippen LogP contribution in [-0.4, -0.2) is 62.8 Å². The third kappa shape index (κ3) is 6.78. The van der Waals surface area contributed by atoms with Crippen molar-refractivity contribution in [2.75, 3.05) is 36.9 Å². The molecule has 0 aliphatic carbocycles. The second-order valence-electron chi connectivity index (χ2n) is 9.59. The van der Waals surface area contributed by atoms with E-state index in [-0.39, 0.29) is 28.9 Å². The number of anilines is 4. The van der Waals surface area contributed by atoms with Crippen molar-refractivity contribution in [3.63, 3.8) is 0 Å². The Labute approximate surface area is 249 Å². The van der Waals surface area contributed by atoms with E-state index in [4.69, 9.17) is 16.3 Å². The summed E-state index contributed by atoms with van der Waals surface area (Å²) >= 11 is 3.55. The fourth-order valence-corrected chi connectivity index (χ4v) is 5.26. The largest absolute Gasteiger partial charge is 0.755 e. The second kappa shape index (κ2) is 13.1. The molecule has 1 fully saturated rings. The summed E-state index contributed by atoms with van der Waals surface area (Å²) in [6.07, 6.45) is 1.87. The summed E-state index contributed by atoms with van der Waals surface area (Å²) in [7, 11) is 3.53. The number of likely N-dealkylation sites (tertiary alicyclic amines) is 1. The van der Waals surface area contributed by atoms with Crippen LogP contribution in [0.5, 0.6) is 5.75 Å². The Morgan fingerprint density at radius 2 is 1.95 bits per heavy atom. The van der Waals surface area contributed by atoms with E-state index in [0.717, 1.165) is 30.2 Å². The number of carbonyl (C=O) groups excluding carboxylic acids is 1. The highest BCUT2D eigenvalue weighted by Gasteiger charge is 2.23. The fraction of sp³-hybridized carbons (Fsp3) is 0.250. The van der Waals surface area contributed by atoms with Crippen LogP contribution in [0.3, 0.4) is 0 Å². The van der Waals surface area contributed by atoms with Crippen LogP contribution in [-0.2, 0) is 11.3 Å². The first kappa shape index (κ1) is 29.2. The van der Waals surface area contributed by atoms with Crippen molar-refractivity contribution in [1.29, 1.82) is 0 Å². The predicted octanol–water partition coefficient (Wildman–Crippen LogP) is 5.17. The highest BCUT2D eigenvalue weighted by atomic mass is 35.5. The minimum absolute atomic E-state index is 0.0273. The van der Waals surface area contributed by atoms with E-state index in [1.165, 1.54) is 25.3 Å². The Morgan fingerprint density at radius 3 is 2.69 bits per heavy atom. The van der Waals surface area contributed by atoms with Gasteiger partial charge in [0.25, 0.3) is 0 Å². The molecule has 1 aliphatic rings. The molecule has 2 unspecified atom stereocenters. The number of nitrogens with zero attached hydrogens (tertiary/aromatic N) is 7. The molecule has 0 spiro atoms. The van der Waals surface area contributed by atoms with Crippen molar-refractivity contribution >= 4 is 62.8 Å². The average molecular weight is 607 g/mol. The summed E-state index contributed by atoms with van der Waals surface area (Å²) in [4.78, 5) is 28.0. The Hall–Kier alpha value is -4.26. The molecule has 0 bridgehead atoms. The number of para-hydroxylation sites is 2. The molecule has 4 aromatic rings. The van der Waals surface area contributed by atoms with Crippen molar-refractivity contribution in [2.24, 2.45) is 10.2 Å². The summed E-state index contributed by atoms with van der Waals surface area (Å²) < 4.78 is 31.6. The Morgan fingerprint density at radius 1 is 1.17 bits per heavy atom. The van der Waals surface area contributed by atoms with Crippen LogP contribution >= 0.6 is 11.6 Å². The van der Waals surface area contributed by atoms with Gasteiger partial charge in [0.1, 0.15) is 16.9 Å². The van der Waals surface area contributed by atoms with E-state index in [9.17, 15) is 13.6 Å². The molecular weight excluding hydrogens is 580 g/mol. The maximum atomic E-state index is 12.8. The second-order valence-corrected chi connectivity index (χ2v) is 10.8. The zero-order valence-corrected chi connectivity index (χ0v) is 24.4. The van der Waals surface area contributed by atoms with Crippen LogP contribution in [0.25, 0.3) is 11.0 Å². The summed E-state index contributed by atoms with van der Waals surface area (Å²) in [5.74, 6) is -0.0548. The highest BCUT2D eigenvalue weighted by molar-refractivity contribution is 7.81. The Balaban J connectivity index is 1.52. The Kier molecular flexibility index (Phi) is 9.15. The number of amides is 1. The van der Waals surface area contributed by atoms with E-state index in [0.29, 0.717) is 27.5 Å². The van der Waals surface area contributed by atoms with Gasteiger partial charge in [-0.1, -0.05) is 29.8 Å². The number of benzene rings is 3. The van der Waals surface area contributed by atoms with Gasteiger partial charge in [0.05, 0.1) is 51.4 Å². The molecular formula is C28H27ClN8O4S. The summed E-state index contributed by atoms with van der Waals surface area (Å²) in [6.45, 7) is 1.75. The lowest BCUT2D eigenvalue weighted by atomic mass is 10.1. The minimum atomic E-state index is -2.87. The smallest absolute Gasteiger partial charge is 0.360 e. The number of nitrogens with one attached hydrogen (secondary N) is 1. The lowest BCUT2D eigenvalue weighted by molar-refractivity contribution is 0.0992. The van der Waals surface area contributed by atoms with E-state index < -0.39 is 17.2 Å². The normalized spacial score (nSPS) is 15.9. The molecule has 0 saturated carbocycles. The van der Waals surface area contributed by atoms with E-state index >= 15 is 0 Å². The van der Waals surface area contributed by atoms with Crippen molar-refractivity contribution < 1.29 is 18.3 Å². The molecule has 5 rings (SSSR count). The molecule has 1 aliphatic heterocycles. The standard InChI is InChI=1S/C28H27ClN8O4S/c1-36-14-6-8-19(17-36)33-35-34-28(38)18-7-5-9-20(15-18)37(42(39)40)27-26(30-23-10-3-4-11-24(23)32-27)31-25-16-21(41-2)12-13-22(25)29/h3-5,7,9-13,15-16,19H,6,8,14,17H2,1-2H3,(H-,30,31,39,40). The summed E-state index contributed by atoms with van der Waals surface area (Å²) in [5.41, 5.74) is 1.68. The SMILES string of the molecule is COc1ccc(Cl)c(Nc2nc3ccccc3nc2N(c2cccc(C(=O)N=[N+]=NC3CCCN(C)C3)c2)S(=O)[O-])c1. The number of methoxy groups -OCH3 is 1. The monoisotopic (exact) mass is 606 g/mol. The molecule has 42 heavy (non-hydrogen) atoms. The fourth-order valence-electron chi connectivity index (χ4n) is 4.55. The lowest BCUT2D eigenvalue weighted by Gasteiger charge is -2.27. The molecule has 1 aromatic heterocycles. The molecule has 3 aromatic carbocycles. The number of rotatable bonds is 8. The molecule has 1 amide bonds. The average Bonchev–Trinajstić information content (AvgIpc) is 2.98. The zero-order chi connectivity index (χ0) is 29.6. The maximum Gasteiger partial charge on any atom is 0.360 e. The van der Waals surface area contributed by atoms with Crippen LogP contribution in [0.1, 0.15) is 23.2 Å². The van der Waals surface area contributed by atoms with Crippen LogP contribution in [0, 0.1) is 0 Å². The molecule has 14 heteroatoms. The number of ether oxygens (including phenoxy) is 1. The molecule has 216 valence electrons. The molecule has 2 heterocycles. The van der Waals surface area contributed by atoms with Gasteiger partial charge < -0.3 is 19.5 Å². The van der Waals surface area contributed by atoms with Crippen molar-refractivity contribution in [2.45, 2.75) is 18.9 Å². The van der Waals surface area contributed by atoms with Crippen molar-refractivity contribution in [3.8, 4) is 5.75 Å². The zero-order valence-electron chi connectivity index (χ0n) is 22.8. The predicted molar refractivity (Wildman–Crippen MR) is 160 cm³/mol. The molecule has 12 nitrogen and oxygen atoms in total. The number of carbonyl (C=O) groups is 1. The van der Waals surface area contributed by atoms with Gasteiger partial charge in [-0.3, -0.25) is 13.3 Å². The van der Waals surface area contributed by atoms with E-state index in [2.05, 4.69) is 35.3 Å². The van der Waals surface area contributed by atoms with Gasteiger partial charge in [-0.15, -0.1) is 0 Å². The number of halogens is 1. The number of likely N-dealkylation sites (N-methyl/N-ethyl adjacent to an activating group) is 1. The number of piperidine rings is 1. The first-order chi connectivity index (χ1) is 20.3. The van der Waals surface area contributed by atoms with Gasteiger partial charge in [-0.25, -0.2) is 9.97 Å². The summed E-state index contributed by atoms with van der Waals surface area (Å²) in [6, 6.07) is 18.0. The number of fused-ring (bicyclic) bond motifs is 1. The number of hydrogen-bond acceptors (Lipinski definition) is 9. The minimum Gasteiger partial charge on any atom is -0.755 e. The van der Waals surface area contributed by atoms with Crippen LogP contribution in [0.4, 0.5) is 23.0 Å². The third-order valence-corrected chi connectivity index (χ3v) is 7.61. The highest BCUT2D eigenvalue weighted by Crippen LogP contribution is 2.36. The quantitative estimate of drug-likeness (QED) is 0.164. The maximum absolute atomic E-state index is 12.8. The van der Waals surface area contributed by atoms with Crippen molar-refractivity contribution in [1.82, 2.24) is 19.8 Å². The Bertz CT molecular complexity index is 1710. The number of aromatic nitrogens is 2. The number of hydrogen-bond donors (Lipinski definition) is 1. The first-order valence-electron chi connectivity index (χ1n) is 13.0. The molecule has 0 radical (unpaired) electrons. The van der Waals surface area contributed by atoms with Gasteiger partial charge in [0.2, 0.25) is 10.0 Å². The van der Waals surface area contributed by atoms with E-state index in [1.54, 1.807) is 48.5 Å². The topological polar surface area (TPSA) is 150 Å². The molecule has 1 saturated heterocycles. The van der Waals surface area contributed by atoms with Gasteiger partial charge in [0.15, 0.2) is 11.6 Å². The first-order valence-corrected chi connectivity index (χ1v) is 14.4. The molecule has 2 atom stereocenters. The van der Waals surface area contributed by atoms with E-state index in [1.807, 2.05) is 7.05 Å².